The lowest BCUT2D eigenvalue weighted by Gasteiger charge is -2.26. The van der Waals surface area contributed by atoms with Crippen molar-refractivity contribution in [1.82, 2.24) is 10.2 Å². The molecule has 5 nitrogen and oxygen atoms in total. The first-order chi connectivity index (χ1) is 9.70. The number of amides is 2. The van der Waals surface area contributed by atoms with Gasteiger partial charge in [0.25, 0.3) is 0 Å². The Morgan fingerprint density at radius 1 is 1.45 bits per heavy atom. The number of rotatable bonds is 4. The quantitative estimate of drug-likeness (QED) is 0.928. The van der Waals surface area contributed by atoms with Crippen LogP contribution in [0.15, 0.2) is 18.2 Å². The molecule has 0 aromatic heterocycles. The summed E-state index contributed by atoms with van der Waals surface area (Å²) < 4.78 is 10.6. The largest absolute Gasteiger partial charge is 0.492 e. The number of morpholine rings is 1. The van der Waals surface area contributed by atoms with Crippen molar-refractivity contribution in [3.05, 3.63) is 28.8 Å². The van der Waals surface area contributed by atoms with Crippen LogP contribution in [0.1, 0.15) is 12.5 Å². The fourth-order valence-corrected chi connectivity index (χ4v) is 2.24. The van der Waals surface area contributed by atoms with E-state index in [1.807, 2.05) is 25.1 Å². The maximum Gasteiger partial charge on any atom is 0.317 e. The molecule has 20 heavy (non-hydrogen) atoms. The summed E-state index contributed by atoms with van der Waals surface area (Å²) >= 11 is 6.11. The van der Waals surface area contributed by atoms with Gasteiger partial charge in [-0.05, 0) is 24.6 Å². The summed E-state index contributed by atoms with van der Waals surface area (Å²) in [5.41, 5.74) is 0.945. The zero-order valence-electron chi connectivity index (χ0n) is 11.5. The summed E-state index contributed by atoms with van der Waals surface area (Å²) in [6.07, 6.45) is 0. The van der Waals surface area contributed by atoms with Crippen LogP contribution in [0.4, 0.5) is 4.79 Å². The van der Waals surface area contributed by atoms with E-state index in [0.717, 1.165) is 5.56 Å². The van der Waals surface area contributed by atoms with Gasteiger partial charge in [-0.2, -0.15) is 0 Å². The van der Waals surface area contributed by atoms with E-state index in [-0.39, 0.29) is 6.03 Å². The Morgan fingerprint density at radius 3 is 2.85 bits per heavy atom. The summed E-state index contributed by atoms with van der Waals surface area (Å²) in [7, 11) is 0. The number of halogens is 1. The van der Waals surface area contributed by atoms with E-state index in [0.29, 0.717) is 50.2 Å². The van der Waals surface area contributed by atoms with Crippen LogP contribution in [0.5, 0.6) is 5.75 Å². The molecule has 6 heteroatoms. The van der Waals surface area contributed by atoms with Crippen molar-refractivity contribution < 1.29 is 14.3 Å². The second-order valence-corrected chi connectivity index (χ2v) is 4.86. The van der Waals surface area contributed by atoms with E-state index in [9.17, 15) is 4.79 Å². The van der Waals surface area contributed by atoms with Crippen molar-refractivity contribution in [2.24, 2.45) is 0 Å². The highest BCUT2D eigenvalue weighted by Crippen LogP contribution is 2.25. The number of urea groups is 1. The highest BCUT2D eigenvalue weighted by atomic mass is 35.5. The molecule has 1 aliphatic heterocycles. The third-order valence-corrected chi connectivity index (χ3v) is 3.33. The van der Waals surface area contributed by atoms with E-state index in [1.54, 1.807) is 4.90 Å². The number of hydrogen-bond acceptors (Lipinski definition) is 3. The van der Waals surface area contributed by atoms with Crippen LogP contribution in [0.25, 0.3) is 0 Å². The number of hydrogen-bond donors (Lipinski definition) is 1. The Balaban J connectivity index is 1.87. The second-order valence-electron chi connectivity index (χ2n) is 4.46. The Kier molecular flexibility index (Phi) is 5.49. The Bertz CT molecular complexity index is 462. The Labute approximate surface area is 123 Å². The minimum absolute atomic E-state index is 0.0710. The number of carbonyl (C=O) groups excluding carboxylic acids is 1. The molecule has 0 unspecified atom stereocenters. The van der Waals surface area contributed by atoms with Crippen LogP contribution >= 0.6 is 11.6 Å². The van der Waals surface area contributed by atoms with Gasteiger partial charge in [0.1, 0.15) is 5.75 Å². The average Bonchev–Trinajstić information content (AvgIpc) is 2.48. The minimum Gasteiger partial charge on any atom is -0.492 e. The molecule has 110 valence electrons. The van der Waals surface area contributed by atoms with Crippen molar-refractivity contribution in [1.29, 1.82) is 0 Å². The van der Waals surface area contributed by atoms with Gasteiger partial charge in [-0.1, -0.05) is 17.7 Å². The SMILES string of the molecule is CCOc1ccc(CNC(=O)N2CCOCC2)cc1Cl. The highest BCUT2D eigenvalue weighted by Gasteiger charge is 2.16. The Hall–Kier alpha value is -1.46. The molecule has 2 amide bonds. The summed E-state index contributed by atoms with van der Waals surface area (Å²) in [6.45, 7) is 5.40. The normalized spacial score (nSPS) is 15.0. The van der Waals surface area contributed by atoms with Crippen molar-refractivity contribution >= 4 is 17.6 Å². The summed E-state index contributed by atoms with van der Waals surface area (Å²) in [5.74, 6) is 0.664. The zero-order chi connectivity index (χ0) is 14.4. The molecular weight excluding hydrogens is 280 g/mol. The number of nitrogens with one attached hydrogen (secondary N) is 1. The second kappa shape index (κ2) is 7.36. The summed E-state index contributed by atoms with van der Waals surface area (Å²) in [4.78, 5) is 13.7. The molecule has 1 fully saturated rings. The predicted molar refractivity (Wildman–Crippen MR) is 77.2 cm³/mol. The number of benzene rings is 1. The van der Waals surface area contributed by atoms with Crippen molar-refractivity contribution in [2.45, 2.75) is 13.5 Å². The summed E-state index contributed by atoms with van der Waals surface area (Å²) in [6, 6.07) is 5.46. The monoisotopic (exact) mass is 298 g/mol. The molecule has 0 saturated carbocycles. The third kappa shape index (κ3) is 4.02. The van der Waals surface area contributed by atoms with Gasteiger partial charge in [0, 0.05) is 19.6 Å². The summed E-state index contributed by atoms with van der Waals surface area (Å²) in [5, 5.41) is 3.44. The van der Waals surface area contributed by atoms with Crippen LogP contribution in [-0.2, 0) is 11.3 Å². The van der Waals surface area contributed by atoms with Crippen LogP contribution in [-0.4, -0.2) is 43.8 Å². The number of nitrogens with zero attached hydrogens (tertiary/aromatic N) is 1. The van der Waals surface area contributed by atoms with Gasteiger partial charge in [-0.25, -0.2) is 4.79 Å². The van der Waals surface area contributed by atoms with Gasteiger partial charge >= 0.3 is 6.03 Å². The lowest BCUT2D eigenvalue weighted by molar-refractivity contribution is 0.0531. The smallest absolute Gasteiger partial charge is 0.317 e. The minimum atomic E-state index is -0.0710. The van der Waals surface area contributed by atoms with E-state index in [4.69, 9.17) is 21.1 Å². The highest BCUT2D eigenvalue weighted by molar-refractivity contribution is 6.32. The molecular formula is C14H19ClN2O3. The molecule has 1 saturated heterocycles. The van der Waals surface area contributed by atoms with E-state index in [2.05, 4.69) is 5.32 Å². The fourth-order valence-electron chi connectivity index (χ4n) is 1.98. The number of ether oxygens (including phenoxy) is 2. The van der Waals surface area contributed by atoms with Crippen LogP contribution in [0, 0.1) is 0 Å². The fraction of sp³-hybridized carbons (Fsp3) is 0.500. The molecule has 0 radical (unpaired) electrons. The maximum atomic E-state index is 11.9. The Morgan fingerprint density at radius 2 is 2.20 bits per heavy atom. The first kappa shape index (κ1) is 14.9. The predicted octanol–water partition coefficient (Wildman–Crippen LogP) is 2.28. The van der Waals surface area contributed by atoms with E-state index >= 15 is 0 Å². The third-order valence-electron chi connectivity index (χ3n) is 3.04. The average molecular weight is 299 g/mol. The van der Waals surface area contributed by atoms with Gasteiger partial charge in [0.15, 0.2) is 0 Å². The van der Waals surface area contributed by atoms with Gasteiger partial charge < -0.3 is 19.7 Å². The molecule has 1 aromatic rings. The first-order valence-electron chi connectivity index (χ1n) is 6.72. The van der Waals surface area contributed by atoms with Crippen molar-refractivity contribution in [3.8, 4) is 5.75 Å². The zero-order valence-corrected chi connectivity index (χ0v) is 12.3. The molecule has 1 aromatic carbocycles. The van der Waals surface area contributed by atoms with E-state index < -0.39 is 0 Å². The van der Waals surface area contributed by atoms with E-state index in [1.165, 1.54) is 0 Å². The van der Waals surface area contributed by atoms with Crippen molar-refractivity contribution in [2.75, 3.05) is 32.9 Å². The van der Waals surface area contributed by atoms with Gasteiger partial charge in [0.2, 0.25) is 0 Å². The van der Waals surface area contributed by atoms with Crippen LogP contribution < -0.4 is 10.1 Å². The maximum absolute atomic E-state index is 11.9. The standard InChI is InChI=1S/C14H19ClN2O3/c1-2-20-13-4-3-11(9-12(13)15)10-16-14(18)17-5-7-19-8-6-17/h3-4,9H,2,5-8,10H2,1H3,(H,16,18). The molecule has 1 heterocycles. The van der Waals surface area contributed by atoms with Gasteiger partial charge in [-0.15, -0.1) is 0 Å². The molecule has 0 atom stereocenters. The molecule has 0 bridgehead atoms. The van der Waals surface area contributed by atoms with Crippen LogP contribution in [0.2, 0.25) is 5.02 Å². The molecule has 2 rings (SSSR count). The van der Waals surface area contributed by atoms with Crippen LogP contribution in [0.3, 0.4) is 0 Å². The first-order valence-corrected chi connectivity index (χ1v) is 7.10. The topological polar surface area (TPSA) is 50.8 Å². The number of carbonyl (C=O) groups is 1. The lowest BCUT2D eigenvalue weighted by atomic mass is 10.2. The molecule has 1 N–H and O–H groups in total. The molecule has 0 aliphatic carbocycles. The molecule has 0 spiro atoms. The van der Waals surface area contributed by atoms with Gasteiger partial charge in [-0.3, -0.25) is 0 Å². The molecule has 1 aliphatic rings. The van der Waals surface area contributed by atoms with Gasteiger partial charge in [0.05, 0.1) is 24.8 Å². The lowest BCUT2D eigenvalue weighted by Crippen LogP contribution is -2.45. The van der Waals surface area contributed by atoms with Crippen molar-refractivity contribution in [3.63, 3.8) is 0 Å².